The Hall–Kier alpha value is -3.57. The Labute approximate surface area is 192 Å². The maximum atomic E-state index is 12.6. The highest BCUT2D eigenvalue weighted by Gasteiger charge is 2.30. The number of benzene rings is 1. The fourth-order valence-electron chi connectivity index (χ4n) is 3.02. The van der Waals surface area contributed by atoms with Crippen molar-refractivity contribution < 1.29 is 23.5 Å². The van der Waals surface area contributed by atoms with Gasteiger partial charge in [0, 0.05) is 29.3 Å². The first-order chi connectivity index (χ1) is 16.7. The molecular formula is C21H22N6O4S. The van der Waals surface area contributed by atoms with Crippen molar-refractivity contribution in [2.75, 3.05) is 24.7 Å². The average molecular weight is 458 g/mol. The van der Waals surface area contributed by atoms with Gasteiger partial charge in [-0.25, -0.2) is 4.98 Å². The molecule has 166 valence electrons. The van der Waals surface area contributed by atoms with Crippen LogP contribution in [0.3, 0.4) is 0 Å². The van der Waals surface area contributed by atoms with Crippen molar-refractivity contribution in [3.8, 4) is 16.3 Å². The standard InChI is InChI=1S/C21H22N6O4S/c1-22-20(30)17-15(8-16(26-27-17)25-19(29)11-6-7-11)24-14-5-3-4-13(18(14)31-2)21-23-9-12(10-28)32-21/h3-5,8-9,11,28H,6-7,10H2,1-2H3,(H,22,30)(H2,24,25,26,29)/i1D3. The molecule has 0 atom stereocenters. The number of hydrogen-bond donors (Lipinski definition) is 4. The smallest absolute Gasteiger partial charge is 0.273 e. The number of rotatable bonds is 8. The van der Waals surface area contributed by atoms with Crippen molar-refractivity contribution in [3.63, 3.8) is 0 Å². The van der Waals surface area contributed by atoms with E-state index in [0.29, 0.717) is 26.9 Å². The fraction of sp³-hybridized carbons (Fsp3) is 0.286. The number of aliphatic hydroxyl groups excluding tert-OH is 1. The van der Waals surface area contributed by atoms with Crippen molar-refractivity contribution in [2.24, 2.45) is 5.92 Å². The zero-order valence-electron chi connectivity index (χ0n) is 20.0. The largest absolute Gasteiger partial charge is 0.494 e. The number of amides is 2. The molecule has 1 fully saturated rings. The maximum Gasteiger partial charge on any atom is 0.273 e. The van der Waals surface area contributed by atoms with Crippen molar-refractivity contribution in [2.45, 2.75) is 19.4 Å². The van der Waals surface area contributed by atoms with E-state index in [1.165, 1.54) is 24.5 Å². The van der Waals surface area contributed by atoms with Crippen LogP contribution < -0.4 is 20.7 Å². The van der Waals surface area contributed by atoms with E-state index in [0.717, 1.165) is 12.8 Å². The summed E-state index contributed by atoms with van der Waals surface area (Å²) in [5.74, 6) is -0.743. The van der Waals surface area contributed by atoms with Crippen LogP contribution in [0.4, 0.5) is 17.2 Å². The van der Waals surface area contributed by atoms with E-state index in [1.807, 2.05) is 5.32 Å². The van der Waals surface area contributed by atoms with Gasteiger partial charge in [0.2, 0.25) is 5.91 Å². The summed E-state index contributed by atoms with van der Waals surface area (Å²) in [5.41, 5.74) is 0.898. The van der Waals surface area contributed by atoms with Crippen molar-refractivity contribution in [1.82, 2.24) is 20.5 Å². The summed E-state index contributed by atoms with van der Waals surface area (Å²) >= 11 is 1.30. The van der Waals surface area contributed by atoms with Gasteiger partial charge in [0.1, 0.15) is 5.01 Å². The molecule has 0 bridgehead atoms. The highest BCUT2D eigenvalue weighted by atomic mass is 32.1. The van der Waals surface area contributed by atoms with E-state index in [-0.39, 0.29) is 35.6 Å². The summed E-state index contributed by atoms with van der Waals surface area (Å²) in [7, 11) is 1.47. The van der Waals surface area contributed by atoms with Crippen LogP contribution in [0.2, 0.25) is 0 Å². The summed E-state index contributed by atoms with van der Waals surface area (Å²) in [6.07, 6.45) is 3.16. The molecule has 0 spiro atoms. The number of aliphatic hydroxyl groups is 1. The molecule has 1 aliphatic carbocycles. The van der Waals surface area contributed by atoms with E-state index in [1.54, 1.807) is 24.4 Å². The number of anilines is 3. The Morgan fingerprint density at radius 3 is 2.84 bits per heavy atom. The number of para-hydroxylation sites is 1. The number of thiazole rings is 1. The normalized spacial score (nSPS) is 14.6. The van der Waals surface area contributed by atoms with Gasteiger partial charge < -0.3 is 25.8 Å². The number of ether oxygens (including phenoxy) is 1. The predicted molar refractivity (Wildman–Crippen MR) is 120 cm³/mol. The molecule has 0 unspecified atom stereocenters. The number of carbonyl (C=O) groups excluding carboxylic acids is 2. The van der Waals surface area contributed by atoms with Gasteiger partial charge in [0.15, 0.2) is 17.3 Å². The lowest BCUT2D eigenvalue weighted by Crippen LogP contribution is -2.22. The monoisotopic (exact) mass is 457 g/mol. The van der Waals surface area contributed by atoms with Gasteiger partial charge in [-0.3, -0.25) is 9.59 Å². The van der Waals surface area contributed by atoms with Gasteiger partial charge >= 0.3 is 0 Å². The quantitative estimate of drug-likeness (QED) is 0.405. The molecule has 0 aliphatic heterocycles. The van der Waals surface area contributed by atoms with Crippen LogP contribution in [0.5, 0.6) is 5.75 Å². The van der Waals surface area contributed by atoms with Crippen molar-refractivity contribution >= 4 is 40.3 Å². The van der Waals surface area contributed by atoms with E-state index in [4.69, 9.17) is 8.85 Å². The number of carbonyl (C=O) groups is 2. The van der Waals surface area contributed by atoms with Crippen LogP contribution >= 0.6 is 11.3 Å². The Morgan fingerprint density at radius 2 is 2.16 bits per heavy atom. The first-order valence-corrected chi connectivity index (χ1v) is 10.5. The molecule has 32 heavy (non-hydrogen) atoms. The molecule has 11 heteroatoms. The third-order valence-corrected chi connectivity index (χ3v) is 5.77. The zero-order chi connectivity index (χ0) is 25.2. The van der Waals surface area contributed by atoms with Crippen LogP contribution in [0.15, 0.2) is 30.5 Å². The zero-order valence-corrected chi connectivity index (χ0v) is 17.8. The van der Waals surface area contributed by atoms with Crippen LogP contribution in [0, 0.1) is 5.92 Å². The van der Waals surface area contributed by atoms with Gasteiger partial charge in [0.25, 0.3) is 5.91 Å². The molecule has 2 amide bonds. The van der Waals surface area contributed by atoms with Crippen LogP contribution in [0.1, 0.15) is 32.3 Å². The number of nitrogens with zero attached hydrogens (tertiary/aromatic N) is 3. The third-order valence-electron chi connectivity index (χ3n) is 4.75. The second-order valence-corrected chi connectivity index (χ2v) is 8.13. The lowest BCUT2D eigenvalue weighted by Gasteiger charge is -2.16. The number of methoxy groups -OCH3 is 1. The van der Waals surface area contributed by atoms with Gasteiger partial charge in [-0.1, -0.05) is 6.07 Å². The summed E-state index contributed by atoms with van der Waals surface area (Å²) in [4.78, 5) is 29.8. The van der Waals surface area contributed by atoms with Gasteiger partial charge in [-0.2, -0.15) is 0 Å². The highest BCUT2D eigenvalue weighted by Crippen LogP contribution is 2.40. The third kappa shape index (κ3) is 4.53. The first-order valence-electron chi connectivity index (χ1n) is 11.2. The summed E-state index contributed by atoms with van der Waals surface area (Å²) in [5, 5.41) is 25.3. The molecule has 0 radical (unpaired) electrons. The molecule has 1 saturated carbocycles. The second kappa shape index (κ2) is 9.28. The van der Waals surface area contributed by atoms with E-state index < -0.39 is 12.9 Å². The molecule has 10 nitrogen and oxygen atoms in total. The van der Waals surface area contributed by atoms with Gasteiger partial charge in [-0.05, 0) is 25.0 Å². The fourth-order valence-corrected chi connectivity index (χ4v) is 3.82. The summed E-state index contributed by atoms with van der Waals surface area (Å²) in [6.45, 7) is -2.88. The topological polar surface area (TPSA) is 138 Å². The van der Waals surface area contributed by atoms with Crippen LogP contribution in [-0.2, 0) is 11.4 Å². The van der Waals surface area contributed by atoms with Crippen molar-refractivity contribution in [1.29, 1.82) is 0 Å². The average Bonchev–Trinajstić information content (AvgIpc) is 3.55. The SMILES string of the molecule is [2H]C([2H])([2H])NC(=O)c1nnc(NC(=O)C2CC2)cc1Nc1cccc(-c2ncc(CO)s2)c1OC. The molecule has 4 N–H and O–H groups in total. The molecule has 2 aromatic heterocycles. The number of nitrogens with one attached hydrogen (secondary N) is 3. The predicted octanol–water partition coefficient (Wildman–Crippen LogP) is 2.55. The minimum Gasteiger partial charge on any atom is -0.494 e. The lowest BCUT2D eigenvalue weighted by molar-refractivity contribution is -0.117. The van der Waals surface area contributed by atoms with Gasteiger partial charge in [-0.15, -0.1) is 21.5 Å². The molecule has 4 rings (SSSR count). The Balaban J connectivity index is 1.72. The summed E-state index contributed by atoms with van der Waals surface area (Å²) in [6, 6.07) is 6.63. The molecule has 3 aromatic rings. The second-order valence-electron chi connectivity index (χ2n) is 7.01. The summed E-state index contributed by atoms with van der Waals surface area (Å²) < 4.78 is 27.6. The van der Waals surface area contributed by atoms with Crippen LogP contribution in [0.25, 0.3) is 10.6 Å². The minimum atomic E-state index is -2.73. The maximum absolute atomic E-state index is 12.6. The van der Waals surface area contributed by atoms with Crippen molar-refractivity contribution in [3.05, 3.63) is 41.0 Å². The molecule has 1 aliphatic rings. The minimum absolute atomic E-state index is 0.0781. The Bertz CT molecular complexity index is 1260. The van der Waals surface area contributed by atoms with E-state index in [2.05, 4.69) is 25.8 Å². The molecular weight excluding hydrogens is 432 g/mol. The first kappa shape index (κ1) is 18.0. The van der Waals surface area contributed by atoms with E-state index in [9.17, 15) is 14.7 Å². The lowest BCUT2D eigenvalue weighted by atomic mass is 10.1. The number of aromatic nitrogens is 3. The highest BCUT2D eigenvalue weighted by molar-refractivity contribution is 7.15. The molecule has 1 aromatic carbocycles. The Morgan fingerprint density at radius 1 is 1.31 bits per heavy atom. The molecule has 0 saturated heterocycles. The molecule has 2 heterocycles. The number of hydrogen-bond acceptors (Lipinski definition) is 9. The Kier molecular flexibility index (Phi) is 5.24. The van der Waals surface area contributed by atoms with E-state index >= 15 is 0 Å². The van der Waals surface area contributed by atoms with Crippen LogP contribution in [-0.4, -0.2) is 46.2 Å². The van der Waals surface area contributed by atoms with Gasteiger partial charge in [0.05, 0.1) is 35.5 Å².